The standard InChI is InChI=1S/C24H26F2N6O4/c1-14(9-21(33)36-3)29-22-19(32(34)35)6-7-27-24(22)31-8-4-5-15-10-17(16-12-28-30(2)13-16)18(23(25)26)11-20(15)31/h6-7,10-14,23,29H,4-5,8-9H2,1-3H3/t14-/m1/s1. The fourth-order valence-corrected chi connectivity index (χ4v) is 4.43. The molecular weight excluding hydrogens is 474 g/mol. The predicted molar refractivity (Wildman–Crippen MR) is 130 cm³/mol. The van der Waals surface area contributed by atoms with Gasteiger partial charge in [0.05, 0.1) is 24.7 Å². The van der Waals surface area contributed by atoms with Gasteiger partial charge in [-0.1, -0.05) is 0 Å². The van der Waals surface area contributed by atoms with E-state index in [1.807, 2.05) is 0 Å². The highest BCUT2D eigenvalue weighted by molar-refractivity contribution is 5.84. The molecule has 36 heavy (non-hydrogen) atoms. The third kappa shape index (κ3) is 4.97. The van der Waals surface area contributed by atoms with Gasteiger partial charge in [0.1, 0.15) is 0 Å². The van der Waals surface area contributed by atoms with E-state index in [1.54, 1.807) is 42.0 Å². The van der Waals surface area contributed by atoms with Crippen molar-refractivity contribution in [3.63, 3.8) is 0 Å². The summed E-state index contributed by atoms with van der Waals surface area (Å²) in [6.07, 6.45) is 3.11. The maximum Gasteiger partial charge on any atom is 0.307 e. The Bertz CT molecular complexity index is 1300. The molecule has 1 aliphatic rings. The molecule has 0 amide bonds. The van der Waals surface area contributed by atoms with Crippen molar-refractivity contribution in [2.75, 3.05) is 23.9 Å². The van der Waals surface area contributed by atoms with E-state index in [2.05, 4.69) is 15.4 Å². The van der Waals surface area contributed by atoms with Gasteiger partial charge in [-0.2, -0.15) is 5.10 Å². The molecule has 1 atom stereocenters. The molecule has 3 heterocycles. The molecule has 2 aromatic heterocycles. The van der Waals surface area contributed by atoms with Gasteiger partial charge in [-0.3, -0.25) is 19.6 Å². The molecule has 190 valence electrons. The molecule has 0 saturated carbocycles. The van der Waals surface area contributed by atoms with Crippen molar-refractivity contribution in [2.45, 2.75) is 38.7 Å². The number of nitrogens with zero attached hydrogens (tertiary/aromatic N) is 5. The topological polar surface area (TPSA) is 115 Å². The lowest BCUT2D eigenvalue weighted by Crippen LogP contribution is -2.28. The van der Waals surface area contributed by atoms with Crippen LogP contribution in [-0.4, -0.2) is 45.4 Å². The van der Waals surface area contributed by atoms with Crippen LogP contribution in [0.25, 0.3) is 11.1 Å². The number of anilines is 3. The zero-order valence-corrected chi connectivity index (χ0v) is 20.1. The van der Waals surface area contributed by atoms with Gasteiger partial charge in [0.15, 0.2) is 11.5 Å². The number of nitro groups is 1. The predicted octanol–water partition coefficient (Wildman–Crippen LogP) is 4.78. The van der Waals surface area contributed by atoms with Crippen LogP contribution in [0.3, 0.4) is 0 Å². The van der Waals surface area contributed by atoms with E-state index in [9.17, 15) is 23.7 Å². The highest BCUT2D eigenvalue weighted by atomic mass is 19.3. The summed E-state index contributed by atoms with van der Waals surface area (Å²) in [7, 11) is 2.98. The number of methoxy groups -OCH3 is 1. The first-order valence-corrected chi connectivity index (χ1v) is 11.4. The van der Waals surface area contributed by atoms with Crippen LogP contribution in [0, 0.1) is 10.1 Å². The molecule has 0 bridgehead atoms. The lowest BCUT2D eigenvalue weighted by atomic mass is 9.93. The molecule has 4 rings (SSSR count). The quantitative estimate of drug-likeness (QED) is 0.267. The van der Waals surface area contributed by atoms with Crippen molar-refractivity contribution in [3.05, 3.63) is 58.0 Å². The Hall–Kier alpha value is -4.09. The number of nitrogens with one attached hydrogen (secondary N) is 1. The third-order valence-electron chi connectivity index (χ3n) is 6.07. The SMILES string of the molecule is COC(=O)C[C@@H](C)Nc1c([N+](=O)[O-])ccnc1N1CCCc2cc(-c3cnn(C)c3)c(C(F)F)cc21. The second-order valence-corrected chi connectivity index (χ2v) is 8.64. The number of halogens is 2. The average Bonchev–Trinajstić information content (AvgIpc) is 3.28. The fraction of sp³-hybridized carbons (Fsp3) is 0.375. The number of hydrogen-bond acceptors (Lipinski definition) is 8. The van der Waals surface area contributed by atoms with Crippen molar-refractivity contribution in [2.24, 2.45) is 7.05 Å². The first-order valence-electron chi connectivity index (χ1n) is 11.4. The van der Waals surface area contributed by atoms with Crippen molar-refractivity contribution in [1.29, 1.82) is 0 Å². The number of pyridine rings is 1. The minimum atomic E-state index is -2.75. The lowest BCUT2D eigenvalue weighted by Gasteiger charge is -2.33. The van der Waals surface area contributed by atoms with Gasteiger partial charge in [-0.05, 0) is 43.0 Å². The first-order chi connectivity index (χ1) is 17.2. The Kier molecular flexibility index (Phi) is 7.13. The largest absolute Gasteiger partial charge is 0.469 e. The van der Waals surface area contributed by atoms with Gasteiger partial charge >= 0.3 is 5.97 Å². The van der Waals surface area contributed by atoms with Crippen molar-refractivity contribution in [3.8, 4) is 11.1 Å². The number of carbonyl (C=O) groups excluding carboxylic acids is 1. The first kappa shape index (κ1) is 25.0. The van der Waals surface area contributed by atoms with Crippen LogP contribution in [0.1, 0.15) is 37.3 Å². The number of aromatic nitrogens is 3. The number of fused-ring (bicyclic) bond motifs is 1. The summed E-state index contributed by atoms with van der Waals surface area (Å²) >= 11 is 0. The normalized spacial score (nSPS) is 13.9. The van der Waals surface area contributed by atoms with Crippen LogP contribution < -0.4 is 10.2 Å². The summed E-state index contributed by atoms with van der Waals surface area (Å²) in [6, 6.07) is 3.93. The Morgan fingerprint density at radius 1 is 1.36 bits per heavy atom. The van der Waals surface area contributed by atoms with Crippen molar-refractivity contribution < 1.29 is 23.2 Å². The third-order valence-corrected chi connectivity index (χ3v) is 6.07. The molecule has 0 saturated heterocycles. The van der Waals surface area contributed by atoms with Crippen LogP contribution in [0.15, 0.2) is 36.8 Å². The lowest BCUT2D eigenvalue weighted by molar-refractivity contribution is -0.384. The van der Waals surface area contributed by atoms with E-state index in [4.69, 9.17) is 4.74 Å². The van der Waals surface area contributed by atoms with Crippen LogP contribution >= 0.6 is 0 Å². The van der Waals surface area contributed by atoms with Crippen LogP contribution in [0.2, 0.25) is 0 Å². The number of ether oxygens (including phenoxy) is 1. The number of hydrogen-bond donors (Lipinski definition) is 1. The number of esters is 1. The summed E-state index contributed by atoms with van der Waals surface area (Å²) in [6.45, 7) is 2.12. The molecule has 1 N–H and O–H groups in total. The minimum absolute atomic E-state index is 0.0252. The molecule has 12 heteroatoms. The Morgan fingerprint density at radius 2 is 2.14 bits per heavy atom. The number of benzene rings is 1. The maximum atomic E-state index is 14.2. The number of rotatable bonds is 8. The second-order valence-electron chi connectivity index (χ2n) is 8.64. The summed E-state index contributed by atoms with van der Waals surface area (Å²) < 4.78 is 34.6. The molecule has 0 aliphatic carbocycles. The molecule has 0 unspecified atom stereocenters. The van der Waals surface area contributed by atoms with Crippen LogP contribution in [0.5, 0.6) is 0 Å². The zero-order valence-electron chi connectivity index (χ0n) is 20.1. The van der Waals surface area contributed by atoms with E-state index < -0.39 is 23.4 Å². The molecule has 10 nitrogen and oxygen atoms in total. The summed E-state index contributed by atoms with van der Waals surface area (Å²) in [5.74, 6) is -0.243. The van der Waals surface area contributed by atoms with Crippen molar-refractivity contribution in [1.82, 2.24) is 14.8 Å². The van der Waals surface area contributed by atoms with Gasteiger partial charge in [0, 0.05) is 54.9 Å². The fourth-order valence-electron chi connectivity index (χ4n) is 4.43. The molecule has 1 aromatic carbocycles. The van der Waals surface area contributed by atoms with Gasteiger partial charge in [-0.25, -0.2) is 13.8 Å². The van der Waals surface area contributed by atoms with Crippen molar-refractivity contribution >= 4 is 28.8 Å². The smallest absolute Gasteiger partial charge is 0.307 e. The van der Waals surface area contributed by atoms with Gasteiger partial charge in [0.25, 0.3) is 12.1 Å². The highest BCUT2D eigenvalue weighted by Gasteiger charge is 2.30. The molecule has 0 spiro atoms. The van der Waals surface area contributed by atoms with E-state index in [0.717, 1.165) is 5.56 Å². The molecular formula is C24H26F2N6O4. The molecule has 0 fully saturated rings. The monoisotopic (exact) mass is 500 g/mol. The summed E-state index contributed by atoms with van der Waals surface area (Å²) in [4.78, 5) is 29.1. The maximum absolute atomic E-state index is 14.2. The average molecular weight is 501 g/mol. The number of carbonyl (C=O) groups is 1. The van der Waals surface area contributed by atoms with Crippen LogP contribution in [-0.2, 0) is 23.0 Å². The highest BCUT2D eigenvalue weighted by Crippen LogP contribution is 2.44. The molecule has 3 aromatic rings. The number of alkyl halides is 2. The van der Waals surface area contributed by atoms with Crippen LogP contribution in [0.4, 0.5) is 31.7 Å². The van der Waals surface area contributed by atoms with E-state index in [0.29, 0.717) is 36.2 Å². The number of aryl methyl sites for hydroxylation is 2. The Morgan fingerprint density at radius 3 is 2.78 bits per heavy atom. The Labute approximate surface area is 206 Å². The van der Waals surface area contributed by atoms with Gasteiger partial charge < -0.3 is 15.0 Å². The van der Waals surface area contributed by atoms with E-state index in [1.165, 1.54) is 25.4 Å². The Balaban J connectivity index is 1.82. The van der Waals surface area contributed by atoms with Gasteiger partial charge in [-0.15, -0.1) is 0 Å². The van der Waals surface area contributed by atoms with E-state index >= 15 is 0 Å². The molecule has 1 aliphatic heterocycles. The molecule has 0 radical (unpaired) electrons. The summed E-state index contributed by atoms with van der Waals surface area (Å²) in [5.41, 5.74) is 2.04. The minimum Gasteiger partial charge on any atom is -0.469 e. The second kappa shape index (κ2) is 10.3. The summed E-state index contributed by atoms with van der Waals surface area (Å²) in [5, 5.41) is 19.0. The zero-order chi connectivity index (χ0) is 26.0. The van der Waals surface area contributed by atoms with E-state index in [-0.39, 0.29) is 29.2 Å². The van der Waals surface area contributed by atoms with Gasteiger partial charge in [0.2, 0.25) is 0 Å².